The predicted molar refractivity (Wildman–Crippen MR) is 73.6 cm³/mol. The molecule has 0 spiro atoms. The molecule has 1 heterocycles. The van der Waals surface area contributed by atoms with Crippen molar-refractivity contribution in [1.29, 1.82) is 0 Å². The lowest BCUT2D eigenvalue weighted by Crippen LogP contribution is -2.28. The minimum absolute atomic E-state index is 0.107. The first-order valence-corrected chi connectivity index (χ1v) is 6.09. The molecule has 20 heavy (non-hydrogen) atoms. The standard InChI is InChI=1S/C13H14N4O3/c1-8-2-4-9(5-3-8)14-11(18)7-6-10-12(19)15-13(20)17-16-10/h2-5H,6-7H2,1H3,(H,14,18)(H2,15,17,19,20). The number of amides is 1. The Morgan fingerprint density at radius 1 is 1.25 bits per heavy atom. The zero-order valence-corrected chi connectivity index (χ0v) is 10.9. The minimum Gasteiger partial charge on any atom is -0.326 e. The molecule has 0 saturated carbocycles. The molecule has 0 saturated heterocycles. The molecule has 1 aromatic carbocycles. The largest absolute Gasteiger partial charge is 0.342 e. The molecule has 104 valence electrons. The zero-order valence-electron chi connectivity index (χ0n) is 10.9. The molecule has 2 aromatic rings. The number of carbonyl (C=O) groups excluding carboxylic acids is 1. The Morgan fingerprint density at radius 2 is 1.95 bits per heavy atom. The van der Waals surface area contributed by atoms with Gasteiger partial charge in [-0.1, -0.05) is 17.7 Å². The second kappa shape index (κ2) is 5.96. The summed E-state index contributed by atoms with van der Waals surface area (Å²) in [5, 5.41) is 8.45. The molecule has 1 amide bonds. The number of aryl methyl sites for hydroxylation is 2. The summed E-state index contributed by atoms with van der Waals surface area (Å²) in [6.45, 7) is 1.96. The van der Waals surface area contributed by atoms with Crippen LogP contribution in [0.1, 0.15) is 17.7 Å². The van der Waals surface area contributed by atoms with Crippen molar-refractivity contribution >= 4 is 11.6 Å². The highest BCUT2D eigenvalue weighted by Gasteiger charge is 2.07. The second-order valence-corrected chi connectivity index (χ2v) is 4.37. The van der Waals surface area contributed by atoms with Gasteiger partial charge in [0.2, 0.25) is 5.91 Å². The van der Waals surface area contributed by atoms with Gasteiger partial charge in [0.15, 0.2) is 0 Å². The third-order valence-corrected chi connectivity index (χ3v) is 2.71. The summed E-state index contributed by atoms with van der Waals surface area (Å²) >= 11 is 0. The van der Waals surface area contributed by atoms with Gasteiger partial charge < -0.3 is 5.32 Å². The Labute approximate surface area is 114 Å². The number of nitrogens with zero attached hydrogens (tertiary/aromatic N) is 1. The van der Waals surface area contributed by atoms with Crippen LogP contribution in [0.3, 0.4) is 0 Å². The van der Waals surface area contributed by atoms with E-state index in [9.17, 15) is 14.4 Å². The van der Waals surface area contributed by atoms with Crippen LogP contribution in [0, 0.1) is 6.92 Å². The van der Waals surface area contributed by atoms with Gasteiger partial charge in [0.1, 0.15) is 5.69 Å². The van der Waals surface area contributed by atoms with Gasteiger partial charge in [-0.25, -0.2) is 9.89 Å². The molecule has 7 heteroatoms. The molecule has 2 rings (SSSR count). The summed E-state index contributed by atoms with van der Waals surface area (Å²) < 4.78 is 0. The van der Waals surface area contributed by atoms with E-state index in [4.69, 9.17) is 0 Å². The third kappa shape index (κ3) is 3.64. The maximum Gasteiger partial charge on any atom is 0.342 e. The van der Waals surface area contributed by atoms with Gasteiger partial charge in [-0.05, 0) is 19.1 Å². The van der Waals surface area contributed by atoms with Crippen LogP contribution in [0.4, 0.5) is 5.69 Å². The summed E-state index contributed by atoms with van der Waals surface area (Å²) in [5.74, 6) is -0.221. The van der Waals surface area contributed by atoms with E-state index in [2.05, 4.69) is 20.5 Å². The van der Waals surface area contributed by atoms with E-state index in [1.54, 1.807) is 12.1 Å². The highest BCUT2D eigenvalue weighted by Crippen LogP contribution is 2.09. The SMILES string of the molecule is Cc1ccc(NC(=O)CCc2n[nH]c(=O)[nH]c2=O)cc1. The van der Waals surface area contributed by atoms with E-state index in [1.165, 1.54) is 0 Å². The maximum absolute atomic E-state index is 11.7. The van der Waals surface area contributed by atoms with E-state index in [0.717, 1.165) is 5.56 Å². The third-order valence-electron chi connectivity index (χ3n) is 2.71. The number of hydrogen-bond donors (Lipinski definition) is 3. The van der Waals surface area contributed by atoms with E-state index in [1.807, 2.05) is 19.1 Å². The lowest BCUT2D eigenvalue weighted by molar-refractivity contribution is -0.116. The van der Waals surface area contributed by atoms with Crippen LogP contribution < -0.4 is 16.6 Å². The first kappa shape index (κ1) is 13.7. The summed E-state index contributed by atoms with van der Waals surface area (Å²) in [5.41, 5.74) is 0.694. The van der Waals surface area contributed by atoms with Gasteiger partial charge in [-0.3, -0.25) is 14.6 Å². The normalized spacial score (nSPS) is 10.2. The van der Waals surface area contributed by atoms with Gasteiger partial charge >= 0.3 is 5.69 Å². The molecule has 0 radical (unpaired) electrons. The molecule has 0 atom stereocenters. The summed E-state index contributed by atoms with van der Waals surface area (Å²) in [6.07, 6.45) is 0.264. The van der Waals surface area contributed by atoms with Crippen molar-refractivity contribution in [1.82, 2.24) is 15.2 Å². The fourth-order valence-corrected chi connectivity index (χ4v) is 1.63. The van der Waals surface area contributed by atoms with Crippen LogP contribution in [-0.2, 0) is 11.2 Å². The fraction of sp³-hybridized carbons (Fsp3) is 0.231. The molecule has 0 aliphatic carbocycles. The average Bonchev–Trinajstić information content (AvgIpc) is 2.40. The van der Waals surface area contributed by atoms with Crippen LogP contribution in [0.25, 0.3) is 0 Å². The lowest BCUT2D eigenvalue weighted by atomic mass is 10.2. The highest BCUT2D eigenvalue weighted by atomic mass is 16.2. The Balaban J connectivity index is 1.93. The number of aromatic nitrogens is 3. The number of aromatic amines is 2. The van der Waals surface area contributed by atoms with Crippen LogP contribution in [0.2, 0.25) is 0 Å². The number of H-pyrrole nitrogens is 2. The number of rotatable bonds is 4. The smallest absolute Gasteiger partial charge is 0.326 e. The van der Waals surface area contributed by atoms with Crippen molar-refractivity contribution < 1.29 is 4.79 Å². The Hall–Kier alpha value is -2.70. The molecule has 0 bridgehead atoms. The van der Waals surface area contributed by atoms with Crippen LogP contribution >= 0.6 is 0 Å². The molecule has 3 N–H and O–H groups in total. The quantitative estimate of drug-likeness (QED) is 0.747. The Kier molecular flexibility index (Phi) is 4.09. The van der Waals surface area contributed by atoms with Gasteiger partial charge in [0.05, 0.1) is 0 Å². The lowest BCUT2D eigenvalue weighted by Gasteiger charge is -2.04. The molecule has 0 fully saturated rings. The first-order chi connectivity index (χ1) is 9.54. The maximum atomic E-state index is 11.7. The van der Waals surface area contributed by atoms with Gasteiger partial charge in [0.25, 0.3) is 5.56 Å². The molecule has 0 aliphatic heterocycles. The summed E-state index contributed by atoms with van der Waals surface area (Å²) in [6, 6.07) is 7.39. The Morgan fingerprint density at radius 3 is 2.60 bits per heavy atom. The van der Waals surface area contributed by atoms with Crippen molar-refractivity contribution in [3.63, 3.8) is 0 Å². The molecule has 0 aliphatic rings. The number of anilines is 1. The topological polar surface area (TPSA) is 108 Å². The van der Waals surface area contributed by atoms with Crippen molar-refractivity contribution in [2.75, 3.05) is 5.32 Å². The second-order valence-electron chi connectivity index (χ2n) is 4.37. The van der Waals surface area contributed by atoms with Crippen LogP contribution in [-0.4, -0.2) is 21.1 Å². The van der Waals surface area contributed by atoms with E-state index in [0.29, 0.717) is 5.69 Å². The average molecular weight is 274 g/mol. The fourth-order valence-electron chi connectivity index (χ4n) is 1.63. The Bertz CT molecular complexity index is 715. The van der Waals surface area contributed by atoms with Crippen molar-refractivity contribution in [3.8, 4) is 0 Å². The van der Waals surface area contributed by atoms with Crippen molar-refractivity contribution in [3.05, 3.63) is 56.4 Å². The molecule has 7 nitrogen and oxygen atoms in total. The molecular weight excluding hydrogens is 260 g/mol. The number of nitrogens with one attached hydrogen (secondary N) is 3. The molecule has 1 aromatic heterocycles. The van der Waals surface area contributed by atoms with E-state index < -0.39 is 11.2 Å². The van der Waals surface area contributed by atoms with Gasteiger partial charge in [-0.2, -0.15) is 5.10 Å². The van der Waals surface area contributed by atoms with Crippen molar-refractivity contribution in [2.45, 2.75) is 19.8 Å². The van der Waals surface area contributed by atoms with E-state index in [-0.39, 0.29) is 24.4 Å². The number of hydrogen-bond acceptors (Lipinski definition) is 4. The van der Waals surface area contributed by atoms with Gasteiger partial charge in [0, 0.05) is 18.5 Å². The predicted octanol–water partition coefficient (Wildman–Crippen LogP) is 0.338. The van der Waals surface area contributed by atoms with Crippen molar-refractivity contribution in [2.24, 2.45) is 0 Å². The number of carbonyl (C=O) groups is 1. The highest BCUT2D eigenvalue weighted by molar-refractivity contribution is 5.90. The first-order valence-electron chi connectivity index (χ1n) is 6.09. The zero-order chi connectivity index (χ0) is 14.5. The van der Waals surface area contributed by atoms with Gasteiger partial charge in [-0.15, -0.1) is 0 Å². The minimum atomic E-state index is -0.664. The van der Waals surface area contributed by atoms with Crippen LogP contribution in [0.15, 0.2) is 33.9 Å². The van der Waals surface area contributed by atoms with E-state index >= 15 is 0 Å². The summed E-state index contributed by atoms with van der Waals surface area (Å²) in [4.78, 5) is 36.0. The van der Waals surface area contributed by atoms with Crippen LogP contribution in [0.5, 0.6) is 0 Å². The number of benzene rings is 1. The monoisotopic (exact) mass is 274 g/mol. The molecule has 0 unspecified atom stereocenters. The molecular formula is C13H14N4O3. The summed E-state index contributed by atoms with van der Waals surface area (Å²) in [7, 11) is 0.